The summed E-state index contributed by atoms with van der Waals surface area (Å²) in [4.78, 5) is 4.63. The van der Waals surface area contributed by atoms with Crippen LogP contribution in [0.1, 0.15) is 18.5 Å². The number of methoxy groups -OCH3 is 1. The molecule has 0 spiro atoms. The van der Waals surface area contributed by atoms with Crippen molar-refractivity contribution in [3.05, 3.63) is 29.6 Å². The molecular formula is C16H26FN3O. The second kappa shape index (κ2) is 6.73. The maximum Gasteiger partial charge on any atom is 0.165 e. The van der Waals surface area contributed by atoms with Gasteiger partial charge in [0.1, 0.15) is 0 Å². The fourth-order valence-corrected chi connectivity index (χ4v) is 3.17. The average molecular weight is 295 g/mol. The number of hydrogen-bond acceptors (Lipinski definition) is 4. The van der Waals surface area contributed by atoms with Crippen molar-refractivity contribution in [2.75, 3.05) is 40.8 Å². The molecule has 0 radical (unpaired) electrons. The van der Waals surface area contributed by atoms with Gasteiger partial charge in [-0.2, -0.15) is 0 Å². The van der Waals surface area contributed by atoms with E-state index in [0.717, 1.165) is 25.2 Å². The molecule has 0 amide bonds. The van der Waals surface area contributed by atoms with E-state index in [1.165, 1.54) is 13.2 Å². The molecule has 2 rings (SSSR count). The lowest BCUT2D eigenvalue weighted by atomic mass is 10.1. The van der Waals surface area contributed by atoms with Crippen LogP contribution in [0.2, 0.25) is 0 Å². The Balaban J connectivity index is 1.99. The quantitative estimate of drug-likeness (QED) is 0.898. The van der Waals surface area contributed by atoms with Gasteiger partial charge in [-0.1, -0.05) is 13.0 Å². The summed E-state index contributed by atoms with van der Waals surface area (Å²) in [6, 6.07) is 5.34. The molecule has 4 nitrogen and oxygen atoms in total. The Morgan fingerprint density at radius 3 is 2.67 bits per heavy atom. The molecule has 3 unspecified atom stereocenters. The summed E-state index contributed by atoms with van der Waals surface area (Å²) in [6.07, 6.45) is 0. The molecule has 118 valence electrons. The summed E-state index contributed by atoms with van der Waals surface area (Å²) >= 11 is 0. The molecular weight excluding hydrogens is 269 g/mol. The van der Waals surface area contributed by atoms with Crippen molar-refractivity contribution < 1.29 is 9.13 Å². The van der Waals surface area contributed by atoms with E-state index in [-0.39, 0.29) is 17.6 Å². The number of rotatable bonds is 5. The summed E-state index contributed by atoms with van der Waals surface area (Å²) in [7, 11) is 5.69. The first kappa shape index (κ1) is 16.2. The standard InChI is InChI=1S/C16H26FN3O/c1-11-8-20(10-15(11)19(2)3)9-14(18)12-5-6-16(21-4)13(17)7-12/h5-7,11,14-15H,8-10,18H2,1-4H3. The third-order valence-electron chi connectivity index (χ3n) is 4.37. The van der Waals surface area contributed by atoms with Gasteiger partial charge < -0.3 is 15.4 Å². The summed E-state index contributed by atoms with van der Waals surface area (Å²) in [6.45, 7) is 5.07. The Kier molecular flexibility index (Phi) is 5.19. The van der Waals surface area contributed by atoms with E-state index < -0.39 is 0 Å². The van der Waals surface area contributed by atoms with Crippen molar-refractivity contribution in [3.8, 4) is 5.75 Å². The van der Waals surface area contributed by atoms with Crippen LogP contribution in [-0.2, 0) is 0 Å². The van der Waals surface area contributed by atoms with E-state index >= 15 is 0 Å². The molecule has 1 aliphatic rings. The van der Waals surface area contributed by atoms with Gasteiger partial charge in [0.25, 0.3) is 0 Å². The number of hydrogen-bond donors (Lipinski definition) is 1. The number of benzene rings is 1. The molecule has 0 bridgehead atoms. The van der Waals surface area contributed by atoms with Crippen LogP contribution in [0.15, 0.2) is 18.2 Å². The molecule has 2 N–H and O–H groups in total. The van der Waals surface area contributed by atoms with Crippen molar-refractivity contribution in [3.63, 3.8) is 0 Å². The summed E-state index contributed by atoms with van der Waals surface area (Å²) in [5.41, 5.74) is 7.05. The van der Waals surface area contributed by atoms with Gasteiger partial charge in [0.15, 0.2) is 11.6 Å². The van der Waals surface area contributed by atoms with E-state index in [4.69, 9.17) is 10.5 Å². The maximum atomic E-state index is 13.8. The molecule has 5 heteroatoms. The topological polar surface area (TPSA) is 41.7 Å². The molecule has 1 aromatic carbocycles. The molecule has 1 aliphatic heterocycles. The Morgan fingerprint density at radius 2 is 2.14 bits per heavy atom. The number of likely N-dealkylation sites (tertiary alicyclic amines) is 1. The van der Waals surface area contributed by atoms with Crippen LogP contribution in [0.3, 0.4) is 0 Å². The number of nitrogens with zero attached hydrogens (tertiary/aromatic N) is 2. The van der Waals surface area contributed by atoms with Gasteiger partial charge in [-0.15, -0.1) is 0 Å². The highest BCUT2D eigenvalue weighted by Crippen LogP contribution is 2.24. The predicted molar refractivity (Wildman–Crippen MR) is 83.0 cm³/mol. The van der Waals surface area contributed by atoms with Crippen molar-refractivity contribution in [2.24, 2.45) is 11.7 Å². The molecule has 1 aromatic rings. The number of nitrogens with two attached hydrogens (primary N) is 1. The van der Waals surface area contributed by atoms with Gasteiger partial charge in [-0.05, 0) is 37.7 Å². The number of ether oxygens (including phenoxy) is 1. The highest BCUT2D eigenvalue weighted by Gasteiger charge is 2.31. The first-order valence-corrected chi connectivity index (χ1v) is 7.40. The van der Waals surface area contributed by atoms with E-state index in [1.807, 2.05) is 6.07 Å². The third-order valence-corrected chi connectivity index (χ3v) is 4.37. The normalized spacial score (nSPS) is 24.5. The minimum Gasteiger partial charge on any atom is -0.494 e. The number of halogens is 1. The predicted octanol–water partition coefficient (Wildman–Crippen LogP) is 1.72. The lowest BCUT2D eigenvalue weighted by molar-refractivity contribution is 0.248. The zero-order valence-corrected chi connectivity index (χ0v) is 13.3. The van der Waals surface area contributed by atoms with E-state index in [2.05, 4.69) is 30.8 Å². The number of likely N-dealkylation sites (N-methyl/N-ethyl adjacent to an activating group) is 1. The first-order valence-electron chi connectivity index (χ1n) is 7.40. The Labute approximate surface area is 126 Å². The Bertz CT molecular complexity index is 481. The summed E-state index contributed by atoms with van der Waals surface area (Å²) < 4.78 is 18.7. The fourth-order valence-electron chi connectivity index (χ4n) is 3.17. The largest absolute Gasteiger partial charge is 0.494 e. The van der Waals surface area contributed by atoms with Crippen LogP contribution in [0.4, 0.5) is 4.39 Å². The van der Waals surface area contributed by atoms with Crippen LogP contribution in [-0.4, -0.2) is 56.7 Å². The lowest BCUT2D eigenvalue weighted by Crippen LogP contribution is -2.36. The molecule has 1 saturated heterocycles. The minimum atomic E-state index is -0.355. The second-order valence-corrected chi connectivity index (χ2v) is 6.23. The summed E-state index contributed by atoms with van der Waals surface area (Å²) in [5.74, 6) is 0.527. The van der Waals surface area contributed by atoms with Gasteiger partial charge in [0.2, 0.25) is 0 Å². The smallest absolute Gasteiger partial charge is 0.165 e. The molecule has 0 aliphatic carbocycles. The third kappa shape index (κ3) is 3.73. The molecule has 1 fully saturated rings. The van der Waals surface area contributed by atoms with Gasteiger partial charge in [0.05, 0.1) is 7.11 Å². The second-order valence-electron chi connectivity index (χ2n) is 6.23. The Morgan fingerprint density at radius 1 is 1.43 bits per heavy atom. The minimum absolute atomic E-state index is 0.182. The highest BCUT2D eigenvalue weighted by atomic mass is 19.1. The van der Waals surface area contributed by atoms with Gasteiger partial charge in [-0.3, -0.25) is 4.90 Å². The monoisotopic (exact) mass is 295 g/mol. The van der Waals surface area contributed by atoms with Crippen LogP contribution in [0.25, 0.3) is 0 Å². The van der Waals surface area contributed by atoms with Gasteiger partial charge >= 0.3 is 0 Å². The van der Waals surface area contributed by atoms with E-state index in [0.29, 0.717) is 12.0 Å². The SMILES string of the molecule is COc1ccc(C(N)CN2CC(C)C(N(C)C)C2)cc1F. The first-order chi connectivity index (χ1) is 9.92. The van der Waals surface area contributed by atoms with Crippen LogP contribution in [0.5, 0.6) is 5.75 Å². The molecule has 0 aromatic heterocycles. The molecule has 0 saturated carbocycles. The lowest BCUT2D eigenvalue weighted by Gasteiger charge is -2.24. The van der Waals surface area contributed by atoms with Crippen LogP contribution in [0, 0.1) is 11.7 Å². The van der Waals surface area contributed by atoms with Crippen LogP contribution < -0.4 is 10.5 Å². The van der Waals surface area contributed by atoms with Crippen molar-refractivity contribution in [1.29, 1.82) is 0 Å². The highest BCUT2D eigenvalue weighted by molar-refractivity contribution is 5.31. The van der Waals surface area contributed by atoms with Crippen LogP contribution >= 0.6 is 0 Å². The molecule has 3 atom stereocenters. The zero-order valence-electron chi connectivity index (χ0n) is 13.3. The molecule has 1 heterocycles. The van der Waals surface area contributed by atoms with Crippen molar-refractivity contribution >= 4 is 0 Å². The van der Waals surface area contributed by atoms with Crippen molar-refractivity contribution in [2.45, 2.75) is 19.0 Å². The molecule has 21 heavy (non-hydrogen) atoms. The average Bonchev–Trinajstić information content (AvgIpc) is 2.79. The van der Waals surface area contributed by atoms with Gasteiger partial charge in [-0.25, -0.2) is 4.39 Å². The zero-order chi connectivity index (χ0) is 15.6. The maximum absolute atomic E-state index is 13.8. The fraction of sp³-hybridized carbons (Fsp3) is 0.625. The Hall–Kier alpha value is -1.17. The van der Waals surface area contributed by atoms with Crippen molar-refractivity contribution in [1.82, 2.24) is 9.80 Å². The van der Waals surface area contributed by atoms with Gasteiger partial charge in [0, 0.05) is 31.7 Å². The summed E-state index contributed by atoms with van der Waals surface area (Å²) in [5, 5.41) is 0. The van der Waals surface area contributed by atoms with E-state index in [1.54, 1.807) is 6.07 Å². The van der Waals surface area contributed by atoms with E-state index in [9.17, 15) is 4.39 Å².